The van der Waals surface area contributed by atoms with E-state index in [1.807, 2.05) is 0 Å². The van der Waals surface area contributed by atoms with Crippen LogP contribution in [0.2, 0.25) is 5.02 Å². The number of nitrogens with zero attached hydrogens (tertiary/aromatic N) is 1. The van der Waals surface area contributed by atoms with E-state index in [2.05, 4.69) is 4.98 Å². The molecule has 0 bridgehead atoms. The lowest BCUT2D eigenvalue weighted by atomic mass is 10.3. The van der Waals surface area contributed by atoms with Gasteiger partial charge in [0.15, 0.2) is 5.82 Å². The minimum absolute atomic E-state index is 0.0133. The van der Waals surface area contributed by atoms with Gasteiger partial charge in [-0.15, -0.1) is 0 Å². The van der Waals surface area contributed by atoms with Crippen LogP contribution in [0.4, 0.5) is 4.39 Å². The summed E-state index contributed by atoms with van der Waals surface area (Å²) in [6.07, 6.45) is 1.38. The zero-order chi connectivity index (χ0) is 9.14. The fourth-order valence-corrected chi connectivity index (χ4v) is 0.903. The van der Waals surface area contributed by atoms with E-state index in [0.717, 1.165) is 0 Å². The van der Waals surface area contributed by atoms with Gasteiger partial charge in [-0.2, -0.15) is 0 Å². The van der Waals surface area contributed by atoms with Gasteiger partial charge < -0.3 is 4.74 Å². The van der Waals surface area contributed by atoms with Crippen LogP contribution >= 0.6 is 11.6 Å². The summed E-state index contributed by atoms with van der Waals surface area (Å²) in [7, 11) is 0. The summed E-state index contributed by atoms with van der Waals surface area (Å²) in [6, 6.07) is 0. The molecule has 0 saturated carbocycles. The van der Waals surface area contributed by atoms with E-state index in [9.17, 15) is 4.39 Å². The summed E-state index contributed by atoms with van der Waals surface area (Å²) in [4.78, 5) is 3.70. The Bertz CT molecular complexity index is 291. The normalized spacial score (nSPS) is 10.0. The van der Waals surface area contributed by atoms with Crippen molar-refractivity contribution < 1.29 is 9.13 Å². The van der Waals surface area contributed by atoms with Gasteiger partial charge in [0.05, 0.1) is 11.6 Å². The third-order valence-electron chi connectivity index (χ3n) is 1.45. The fraction of sp³-hybridized carbons (Fsp3) is 0.375. The smallest absolute Gasteiger partial charge is 0.250 e. The summed E-state index contributed by atoms with van der Waals surface area (Å²) in [5.41, 5.74) is 0.370. The zero-order valence-corrected chi connectivity index (χ0v) is 7.65. The fourth-order valence-electron chi connectivity index (χ4n) is 0.771. The van der Waals surface area contributed by atoms with Crippen molar-refractivity contribution in [2.75, 3.05) is 6.61 Å². The van der Waals surface area contributed by atoms with Gasteiger partial charge in [0.25, 0.3) is 5.88 Å². The molecule has 0 atom stereocenters. The Hall–Kier alpha value is -0.830. The van der Waals surface area contributed by atoms with Crippen molar-refractivity contribution >= 4 is 11.6 Å². The zero-order valence-electron chi connectivity index (χ0n) is 6.90. The van der Waals surface area contributed by atoms with Gasteiger partial charge in [-0.3, -0.25) is 0 Å². The third-order valence-corrected chi connectivity index (χ3v) is 1.83. The number of ether oxygens (including phenoxy) is 1. The highest BCUT2D eigenvalue weighted by molar-refractivity contribution is 6.31. The van der Waals surface area contributed by atoms with Crippen molar-refractivity contribution in [3.8, 4) is 5.88 Å². The largest absolute Gasteiger partial charge is 0.476 e. The standard InChI is InChI=1S/C8H9ClFNO/c1-3-12-8-7(10)5(2)6(9)4-11-8/h4H,3H2,1-2H3. The van der Waals surface area contributed by atoms with Crippen LogP contribution in [0.15, 0.2) is 6.20 Å². The molecule has 0 aliphatic rings. The Balaban J connectivity index is 3.08. The molecule has 0 amide bonds. The quantitative estimate of drug-likeness (QED) is 0.714. The Kier molecular flexibility index (Phi) is 2.87. The number of rotatable bonds is 2. The number of aromatic nitrogens is 1. The molecule has 0 aliphatic carbocycles. The maximum absolute atomic E-state index is 13.2. The Morgan fingerprint density at radius 1 is 1.67 bits per heavy atom. The van der Waals surface area contributed by atoms with E-state index in [-0.39, 0.29) is 5.88 Å². The maximum Gasteiger partial charge on any atom is 0.250 e. The number of halogens is 2. The molecule has 66 valence electrons. The summed E-state index contributed by atoms with van der Waals surface area (Å²) in [5, 5.41) is 0.316. The van der Waals surface area contributed by atoms with Crippen LogP contribution in [0.25, 0.3) is 0 Å². The summed E-state index contributed by atoms with van der Waals surface area (Å²) < 4.78 is 18.1. The van der Waals surface area contributed by atoms with Gasteiger partial charge >= 0.3 is 0 Å². The second-order valence-electron chi connectivity index (χ2n) is 2.28. The van der Waals surface area contributed by atoms with Crippen molar-refractivity contribution in [3.63, 3.8) is 0 Å². The van der Waals surface area contributed by atoms with Crippen LogP contribution in [0.5, 0.6) is 5.88 Å². The van der Waals surface area contributed by atoms with E-state index in [1.54, 1.807) is 13.8 Å². The van der Waals surface area contributed by atoms with Crippen molar-refractivity contribution in [3.05, 3.63) is 22.6 Å². The van der Waals surface area contributed by atoms with Gasteiger partial charge in [-0.1, -0.05) is 11.6 Å². The first kappa shape index (κ1) is 9.26. The lowest BCUT2D eigenvalue weighted by Gasteiger charge is -2.05. The van der Waals surface area contributed by atoms with Gasteiger partial charge in [0.1, 0.15) is 0 Å². The van der Waals surface area contributed by atoms with Crippen molar-refractivity contribution in [1.82, 2.24) is 4.98 Å². The predicted octanol–water partition coefficient (Wildman–Crippen LogP) is 2.58. The molecule has 0 radical (unpaired) electrons. The monoisotopic (exact) mass is 189 g/mol. The van der Waals surface area contributed by atoms with E-state index in [4.69, 9.17) is 16.3 Å². The van der Waals surface area contributed by atoms with Crippen LogP contribution in [-0.4, -0.2) is 11.6 Å². The topological polar surface area (TPSA) is 22.1 Å². The lowest BCUT2D eigenvalue weighted by Crippen LogP contribution is -1.99. The molecule has 1 aromatic rings. The molecule has 12 heavy (non-hydrogen) atoms. The first-order valence-corrected chi connectivity index (χ1v) is 3.98. The SMILES string of the molecule is CCOc1ncc(Cl)c(C)c1F. The minimum Gasteiger partial charge on any atom is -0.476 e. The van der Waals surface area contributed by atoms with Gasteiger partial charge in [-0.25, -0.2) is 9.37 Å². The van der Waals surface area contributed by atoms with E-state index in [1.165, 1.54) is 6.20 Å². The second-order valence-corrected chi connectivity index (χ2v) is 2.69. The van der Waals surface area contributed by atoms with Gasteiger partial charge in [0, 0.05) is 11.8 Å². The van der Waals surface area contributed by atoms with Crippen molar-refractivity contribution in [1.29, 1.82) is 0 Å². The molecule has 0 fully saturated rings. The van der Waals surface area contributed by atoms with Crippen LogP contribution < -0.4 is 4.74 Å². The molecule has 1 rings (SSSR count). The van der Waals surface area contributed by atoms with Crippen LogP contribution in [-0.2, 0) is 0 Å². The third kappa shape index (κ3) is 1.67. The highest BCUT2D eigenvalue weighted by Crippen LogP contribution is 2.23. The molecule has 0 aliphatic heterocycles. The highest BCUT2D eigenvalue weighted by atomic mass is 35.5. The number of hydrogen-bond donors (Lipinski definition) is 0. The van der Waals surface area contributed by atoms with Crippen molar-refractivity contribution in [2.45, 2.75) is 13.8 Å². The molecular weight excluding hydrogens is 181 g/mol. The summed E-state index contributed by atoms with van der Waals surface area (Å²) >= 11 is 5.63. The van der Waals surface area contributed by atoms with E-state index in [0.29, 0.717) is 17.2 Å². The lowest BCUT2D eigenvalue weighted by molar-refractivity contribution is 0.306. The van der Waals surface area contributed by atoms with Crippen molar-refractivity contribution in [2.24, 2.45) is 0 Å². The first-order valence-electron chi connectivity index (χ1n) is 3.60. The minimum atomic E-state index is -0.482. The van der Waals surface area contributed by atoms with Crippen LogP contribution in [0.1, 0.15) is 12.5 Å². The van der Waals surface area contributed by atoms with E-state index >= 15 is 0 Å². The van der Waals surface area contributed by atoms with Crippen LogP contribution in [0, 0.1) is 12.7 Å². The molecule has 1 heterocycles. The van der Waals surface area contributed by atoms with Gasteiger partial charge in [0.2, 0.25) is 0 Å². The Labute approximate surface area is 75.3 Å². The molecule has 2 nitrogen and oxygen atoms in total. The Morgan fingerprint density at radius 2 is 2.33 bits per heavy atom. The first-order chi connectivity index (χ1) is 5.66. The van der Waals surface area contributed by atoms with E-state index < -0.39 is 5.82 Å². The van der Waals surface area contributed by atoms with Crippen LogP contribution in [0.3, 0.4) is 0 Å². The molecular formula is C8H9ClFNO. The predicted molar refractivity (Wildman–Crippen MR) is 45.1 cm³/mol. The molecule has 4 heteroatoms. The highest BCUT2D eigenvalue weighted by Gasteiger charge is 2.10. The number of pyridine rings is 1. The molecule has 0 aromatic carbocycles. The maximum atomic E-state index is 13.2. The molecule has 0 saturated heterocycles. The average molecular weight is 190 g/mol. The molecule has 0 spiro atoms. The second kappa shape index (κ2) is 3.72. The molecule has 0 N–H and O–H groups in total. The molecule has 0 unspecified atom stereocenters. The number of hydrogen-bond acceptors (Lipinski definition) is 2. The molecule has 1 aromatic heterocycles. The average Bonchev–Trinajstić information content (AvgIpc) is 2.07. The van der Waals surface area contributed by atoms with Gasteiger partial charge in [-0.05, 0) is 13.8 Å². The summed E-state index contributed by atoms with van der Waals surface area (Å²) in [5.74, 6) is -0.469. The Morgan fingerprint density at radius 3 is 2.92 bits per heavy atom. The summed E-state index contributed by atoms with van der Waals surface area (Å²) in [6.45, 7) is 3.75.